The minimum atomic E-state index is -0.378. The van der Waals surface area contributed by atoms with E-state index in [-0.39, 0.29) is 17.1 Å². The molecule has 7 nitrogen and oxygen atoms in total. The number of benzene rings is 1. The van der Waals surface area contributed by atoms with Gasteiger partial charge in [0.1, 0.15) is 25.3 Å². The topological polar surface area (TPSA) is 78.3 Å². The lowest BCUT2D eigenvalue weighted by molar-refractivity contribution is -0.117. The molecule has 1 aromatic carbocycles. The molecule has 3 heterocycles. The summed E-state index contributed by atoms with van der Waals surface area (Å²) in [5.41, 5.74) is 3.00. The van der Waals surface area contributed by atoms with Crippen LogP contribution in [0.3, 0.4) is 0 Å². The Morgan fingerprint density at radius 2 is 2.07 bits per heavy atom. The first-order chi connectivity index (χ1) is 13.3. The maximum absolute atomic E-state index is 12.4. The Morgan fingerprint density at radius 3 is 2.79 bits per heavy atom. The van der Waals surface area contributed by atoms with Crippen LogP contribution < -0.4 is 5.32 Å². The van der Waals surface area contributed by atoms with Gasteiger partial charge in [-0.25, -0.2) is 4.98 Å². The number of thiazole rings is 1. The summed E-state index contributed by atoms with van der Waals surface area (Å²) in [6.07, 6.45) is 1.33. The molecule has 0 radical (unpaired) electrons. The van der Waals surface area contributed by atoms with Crippen molar-refractivity contribution < 1.29 is 14.3 Å². The van der Waals surface area contributed by atoms with Crippen LogP contribution in [0.2, 0.25) is 0 Å². The van der Waals surface area contributed by atoms with Crippen LogP contribution in [0.25, 0.3) is 15.3 Å². The fourth-order valence-corrected chi connectivity index (χ4v) is 3.84. The molecular formula is C20H22N4O3S. The first kappa shape index (κ1) is 18.5. The summed E-state index contributed by atoms with van der Waals surface area (Å²) in [5, 5.41) is 8.03. The zero-order valence-electron chi connectivity index (χ0n) is 16.3. The van der Waals surface area contributed by atoms with E-state index >= 15 is 0 Å². The van der Waals surface area contributed by atoms with Gasteiger partial charge in [-0.1, -0.05) is 38.2 Å². The van der Waals surface area contributed by atoms with Gasteiger partial charge in [0.2, 0.25) is 10.9 Å². The van der Waals surface area contributed by atoms with Crippen molar-refractivity contribution in [2.24, 2.45) is 0 Å². The quantitative estimate of drug-likeness (QED) is 0.724. The molecule has 1 aliphatic heterocycles. The molecular weight excluding hydrogens is 376 g/mol. The van der Waals surface area contributed by atoms with Gasteiger partial charge in [-0.3, -0.25) is 4.79 Å². The Bertz CT molecular complexity index is 1070. The summed E-state index contributed by atoms with van der Waals surface area (Å²) in [4.78, 5) is 17.1. The summed E-state index contributed by atoms with van der Waals surface area (Å²) in [5.74, 6) is 0.306. The number of hydrogen-bond donors (Lipinski definition) is 1. The molecule has 0 saturated heterocycles. The molecule has 0 bridgehead atoms. The van der Waals surface area contributed by atoms with Gasteiger partial charge in [0, 0.05) is 6.07 Å². The van der Waals surface area contributed by atoms with Gasteiger partial charge in [-0.15, -0.1) is 0 Å². The van der Waals surface area contributed by atoms with E-state index in [2.05, 4.69) is 43.3 Å². The Balaban J connectivity index is 1.68. The number of aromatic nitrogens is 3. The molecule has 3 aromatic rings. The Morgan fingerprint density at radius 1 is 1.25 bits per heavy atom. The van der Waals surface area contributed by atoms with Gasteiger partial charge < -0.3 is 14.8 Å². The monoisotopic (exact) mass is 398 g/mol. The van der Waals surface area contributed by atoms with Crippen molar-refractivity contribution in [1.29, 1.82) is 0 Å². The predicted molar refractivity (Wildman–Crippen MR) is 109 cm³/mol. The van der Waals surface area contributed by atoms with E-state index in [4.69, 9.17) is 14.5 Å². The molecule has 0 unspecified atom stereocenters. The van der Waals surface area contributed by atoms with Gasteiger partial charge in [-0.05, 0) is 30.0 Å². The Kier molecular flexibility index (Phi) is 4.58. The van der Waals surface area contributed by atoms with Gasteiger partial charge in [0.15, 0.2) is 0 Å². The lowest BCUT2D eigenvalue weighted by Gasteiger charge is -2.18. The van der Waals surface area contributed by atoms with Crippen molar-refractivity contribution in [3.63, 3.8) is 0 Å². The van der Waals surface area contributed by atoms with Crippen LogP contribution in [0, 0.1) is 6.92 Å². The third-order valence-corrected chi connectivity index (χ3v) is 5.36. The van der Waals surface area contributed by atoms with E-state index in [9.17, 15) is 4.79 Å². The second kappa shape index (κ2) is 6.94. The van der Waals surface area contributed by atoms with E-state index in [1.165, 1.54) is 23.2 Å². The highest BCUT2D eigenvalue weighted by Gasteiger charge is 2.20. The number of carbonyl (C=O) groups is 1. The number of nitrogens with zero attached hydrogens (tertiary/aromatic N) is 3. The molecule has 1 N–H and O–H groups in total. The van der Waals surface area contributed by atoms with Crippen molar-refractivity contribution in [1.82, 2.24) is 14.8 Å². The van der Waals surface area contributed by atoms with Crippen LogP contribution in [0.15, 0.2) is 36.3 Å². The zero-order valence-corrected chi connectivity index (χ0v) is 17.1. The SMILES string of the molecule is Cc1cc(NC(=O)C2=COCCO2)n(-c2nc3ccc(C(C)(C)C)cc3s2)n1. The first-order valence-electron chi connectivity index (χ1n) is 9.05. The molecule has 1 amide bonds. The summed E-state index contributed by atoms with van der Waals surface area (Å²) in [6, 6.07) is 8.11. The van der Waals surface area contributed by atoms with E-state index in [1.807, 2.05) is 13.0 Å². The second-order valence-corrected chi connectivity index (χ2v) is 8.68. The van der Waals surface area contributed by atoms with Crippen LogP contribution in [0.4, 0.5) is 5.82 Å². The van der Waals surface area contributed by atoms with E-state index < -0.39 is 0 Å². The minimum absolute atomic E-state index is 0.0650. The number of hydrogen-bond acceptors (Lipinski definition) is 6. The molecule has 0 atom stereocenters. The third-order valence-electron chi connectivity index (χ3n) is 4.37. The smallest absolute Gasteiger partial charge is 0.295 e. The molecule has 4 rings (SSSR count). The minimum Gasteiger partial charge on any atom is -0.494 e. The lowest BCUT2D eigenvalue weighted by Crippen LogP contribution is -2.22. The van der Waals surface area contributed by atoms with E-state index in [0.717, 1.165) is 15.9 Å². The third kappa shape index (κ3) is 3.60. The number of rotatable bonds is 3. The number of aryl methyl sites for hydroxylation is 1. The summed E-state index contributed by atoms with van der Waals surface area (Å²) in [7, 11) is 0. The molecule has 146 valence electrons. The van der Waals surface area contributed by atoms with Gasteiger partial charge in [-0.2, -0.15) is 9.78 Å². The van der Waals surface area contributed by atoms with E-state index in [1.54, 1.807) is 10.7 Å². The molecule has 0 aliphatic carbocycles. The number of ether oxygens (including phenoxy) is 2. The molecule has 0 saturated carbocycles. The number of carbonyl (C=O) groups excluding carboxylic acids is 1. The number of anilines is 1. The summed E-state index contributed by atoms with van der Waals surface area (Å²) >= 11 is 1.54. The fourth-order valence-electron chi connectivity index (χ4n) is 2.87. The zero-order chi connectivity index (χ0) is 19.9. The largest absolute Gasteiger partial charge is 0.494 e. The maximum atomic E-state index is 12.4. The van der Waals surface area contributed by atoms with E-state index in [0.29, 0.717) is 24.2 Å². The number of fused-ring (bicyclic) bond motifs is 1. The summed E-state index contributed by atoms with van der Waals surface area (Å²) in [6.45, 7) is 9.23. The fraction of sp³-hybridized carbons (Fsp3) is 0.350. The van der Waals surface area contributed by atoms with Crippen LogP contribution in [-0.2, 0) is 19.7 Å². The van der Waals surface area contributed by atoms with Gasteiger partial charge in [0.05, 0.1) is 15.9 Å². The van der Waals surface area contributed by atoms with Gasteiger partial charge in [0.25, 0.3) is 5.91 Å². The average molecular weight is 398 g/mol. The molecule has 2 aromatic heterocycles. The first-order valence-corrected chi connectivity index (χ1v) is 9.87. The summed E-state index contributed by atoms with van der Waals surface area (Å²) < 4.78 is 13.2. The van der Waals surface area contributed by atoms with Crippen LogP contribution in [0.1, 0.15) is 32.0 Å². The highest BCUT2D eigenvalue weighted by Crippen LogP contribution is 2.31. The Labute approximate surface area is 167 Å². The number of amides is 1. The predicted octanol–water partition coefficient (Wildman–Crippen LogP) is 3.91. The van der Waals surface area contributed by atoms with Crippen LogP contribution >= 0.6 is 11.3 Å². The standard InChI is InChI=1S/C20H22N4O3S/c1-12-9-17(22-18(25)15-11-26-7-8-27-15)24(23-12)19-21-14-6-5-13(20(2,3)4)10-16(14)28-19/h5-6,9-11H,7-8H2,1-4H3,(H,22,25). The molecule has 0 spiro atoms. The highest BCUT2D eigenvalue weighted by molar-refractivity contribution is 7.20. The molecule has 1 aliphatic rings. The van der Waals surface area contributed by atoms with Crippen molar-refractivity contribution in [2.75, 3.05) is 18.5 Å². The second-order valence-electron chi connectivity index (χ2n) is 7.67. The molecule has 28 heavy (non-hydrogen) atoms. The average Bonchev–Trinajstić information content (AvgIpc) is 3.24. The van der Waals surface area contributed by atoms with Crippen molar-refractivity contribution in [3.05, 3.63) is 47.5 Å². The van der Waals surface area contributed by atoms with Crippen molar-refractivity contribution in [2.45, 2.75) is 33.1 Å². The maximum Gasteiger partial charge on any atom is 0.295 e. The Hall–Kier alpha value is -2.87. The molecule has 0 fully saturated rings. The highest BCUT2D eigenvalue weighted by atomic mass is 32.1. The normalized spacial score (nSPS) is 14.4. The van der Waals surface area contributed by atoms with Crippen molar-refractivity contribution in [3.8, 4) is 5.13 Å². The van der Waals surface area contributed by atoms with Crippen LogP contribution in [-0.4, -0.2) is 33.9 Å². The number of nitrogens with one attached hydrogen (secondary N) is 1. The molecule has 8 heteroatoms. The van der Waals surface area contributed by atoms with Gasteiger partial charge >= 0.3 is 0 Å². The van der Waals surface area contributed by atoms with Crippen molar-refractivity contribution >= 4 is 33.3 Å². The van der Waals surface area contributed by atoms with Crippen LogP contribution in [0.5, 0.6) is 0 Å². The lowest BCUT2D eigenvalue weighted by atomic mass is 9.87.